The second-order valence-corrected chi connectivity index (χ2v) is 4.99. The standard InChI is InChI=1S/C14H24N6/c1-15-14(16-2)18-11-12-4-5-17-13(10-12)20-8-6-19(3)7-9-20/h4-5,10H,6-9,11H2,1-3H3,(H2,15,16,18). The van der Waals surface area contributed by atoms with Crippen LogP contribution in [-0.4, -0.2) is 63.2 Å². The van der Waals surface area contributed by atoms with E-state index in [0.717, 1.165) is 44.5 Å². The lowest BCUT2D eigenvalue weighted by Gasteiger charge is -2.33. The lowest BCUT2D eigenvalue weighted by atomic mass is 10.2. The van der Waals surface area contributed by atoms with Crippen LogP contribution in [0.1, 0.15) is 5.56 Å². The van der Waals surface area contributed by atoms with E-state index in [1.54, 1.807) is 7.05 Å². The topological polar surface area (TPSA) is 55.8 Å². The van der Waals surface area contributed by atoms with Gasteiger partial charge in [0.2, 0.25) is 0 Å². The molecule has 0 unspecified atom stereocenters. The van der Waals surface area contributed by atoms with Gasteiger partial charge in [-0.25, -0.2) is 4.98 Å². The molecular weight excluding hydrogens is 252 g/mol. The molecule has 110 valence electrons. The number of guanidine groups is 1. The van der Waals surface area contributed by atoms with Crippen LogP contribution < -0.4 is 15.5 Å². The van der Waals surface area contributed by atoms with Crippen LogP contribution in [0.5, 0.6) is 0 Å². The van der Waals surface area contributed by atoms with E-state index in [1.807, 2.05) is 19.3 Å². The number of nitrogens with one attached hydrogen (secondary N) is 2. The van der Waals surface area contributed by atoms with Crippen LogP contribution in [0.15, 0.2) is 23.3 Å². The molecule has 1 saturated heterocycles. The summed E-state index contributed by atoms with van der Waals surface area (Å²) < 4.78 is 0. The lowest BCUT2D eigenvalue weighted by molar-refractivity contribution is 0.312. The molecule has 1 aliphatic rings. The van der Waals surface area contributed by atoms with Crippen LogP contribution in [0.25, 0.3) is 0 Å². The molecule has 2 heterocycles. The summed E-state index contributed by atoms with van der Waals surface area (Å²) in [6.45, 7) is 5.01. The number of hydrogen-bond acceptors (Lipinski definition) is 4. The minimum absolute atomic E-state index is 0.747. The molecule has 0 amide bonds. The summed E-state index contributed by atoms with van der Waals surface area (Å²) in [7, 11) is 5.78. The number of nitrogens with zero attached hydrogens (tertiary/aromatic N) is 4. The first-order valence-electron chi connectivity index (χ1n) is 6.99. The van der Waals surface area contributed by atoms with E-state index in [4.69, 9.17) is 0 Å². The number of anilines is 1. The van der Waals surface area contributed by atoms with Crippen molar-refractivity contribution in [1.82, 2.24) is 20.5 Å². The molecule has 0 spiro atoms. The van der Waals surface area contributed by atoms with Gasteiger partial charge in [0.1, 0.15) is 5.82 Å². The van der Waals surface area contributed by atoms with Crippen LogP contribution >= 0.6 is 0 Å². The highest BCUT2D eigenvalue weighted by atomic mass is 15.3. The first-order valence-corrected chi connectivity index (χ1v) is 6.99. The Morgan fingerprint density at radius 1 is 1.35 bits per heavy atom. The highest BCUT2D eigenvalue weighted by molar-refractivity contribution is 5.79. The van der Waals surface area contributed by atoms with Crippen molar-refractivity contribution in [3.63, 3.8) is 0 Å². The molecule has 0 aliphatic carbocycles. The molecule has 1 aromatic rings. The molecule has 0 atom stereocenters. The molecule has 20 heavy (non-hydrogen) atoms. The molecule has 6 heteroatoms. The average Bonchev–Trinajstić information content (AvgIpc) is 2.49. The predicted octanol–water partition coefficient (Wildman–Crippen LogP) is 0.128. The molecule has 6 nitrogen and oxygen atoms in total. The summed E-state index contributed by atoms with van der Waals surface area (Å²) >= 11 is 0. The summed E-state index contributed by atoms with van der Waals surface area (Å²) in [5, 5.41) is 6.27. The molecule has 0 radical (unpaired) electrons. The average molecular weight is 276 g/mol. The van der Waals surface area contributed by atoms with E-state index in [9.17, 15) is 0 Å². The van der Waals surface area contributed by atoms with Crippen molar-refractivity contribution in [3.8, 4) is 0 Å². The minimum Gasteiger partial charge on any atom is -0.359 e. The van der Waals surface area contributed by atoms with Crippen LogP contribution in [0, 0.1) is 0 Å². The molecule has 2 N–H and O–H groups in total. The fourth-order valence-electron chi connectivity index (χ4n) is 2.24. The molecule has 0 bridgehead atoms. The Kier molecular flexibility index (Phi) is 5.17. The zero-order valence-electron chi connectivity index (χ0n) is 12.6. The monoisotopic (exact) mass is 276 g/mol. The minimum atomic E-state index is 0.747. The van der Waals surface area contributed by atoms with Gasteiger partial charge >= 0.3 is 0 Å². The van der Waals surface area contributed by atoms with Crippen molar-refractivity contribution in [1.29, 1.82) is 0 Å². The van der Waals surface area contributed by atoms with Gasteiger partial charge in [0, 0.05) is 53.0 Å². The van der Waals surface area contributed by atoms with Gasteiger partial charge in [-0.1, -0.05) is 0 Å². The van der Waals surface area contributed by atoms with Crippen molar-refractivity contribution in [2.45, 2.75) is 6.54 Å². The first kappa shape index (κ1) is 14.6. The van der Waals surface area contributed by atoms with Gasteiger partial charge in [0.05, 0.1) is 0 Å². The maximum atomic E-state index is 4.49. The van der Waals surface area contributed by atoms with Gasteiger partial charge in [-0.3, -0.25) is 4.99 Å². The fourth-order valence-corrected chi connectivity index (χ4v) is 2.24. The molecule has 2 rings (SSSR count). The number of piperazine rings is 1. The highest BCUT2D eigenvalue weighted by Crippen LogP contribution is 2.14. The maximum absolute atomic E-state index is 4.49. The first-order chi connectivity index (χ1) is 9.72. The molecule has 0 saturated carbocycles. The van der Waals surface area contributed by atoms with Crippen molar-refractivity contribution < 1.29 is 0 Å². The van der Waals surface area contributed by atoms with Gasteiger partial charge in [-0.2, -0.15) is 0 Å². The van der Waals surface area contributed by atoms with E-state index >= 15 is 0 Å². The van der Waals surface area contributed by atoms with Crippen LogP contribution in [0.4, 0.5) is 5.82 Å². The summed E-state index contributed by atoms with van der Waals surface area (Å²) in [6, 6.07) is 4.19. The van der Waals surface area contributed by atoms with E-state index in [2.05, 4.69) is 43.5 Å². The van der Waals surface area contributed by atoms with E-state index in [1.165, 1.54) is 5.56 Å². The normalized spacial score (nSPS) is 17.1. The van der Waals surface area contributed by atoms with Crippen molar-refractivity contribution >= 4 is 11.8 Å². The van der Waals surface area contributed by atoms with E-state index in [0.29, 0.717) is 0 Å². The van der Waals surface area contributed by atoms with Gasteiger partial charge in [-0.05, 0) is 24.7 Å². The molecular formula is C14H24N6. The molecule has 1 aliphatic heterocycles. The Balaban J connectivity index is 1.97. The SMILES string of the molecule is CN=C(NC)NCc1ccnc(N2CCN(C)CC2)c1. The number of hydrogen-bond donors (Lipinski definition) is 2. The quantitative estimate of drug-likeness (QED) is 0.607. The second kappa shape index (κ2) is 7.09. The summed E-state index contributed by atoms with van der Waals surface area (Å²) in [5.41, 5.74) is 1.21. The third-order valence-electron chi connectivity index (χ3n) is 3.56. The highest BCUT2D eigenvalue weighted by Gasteiger charge is 2.15. The Morgan fingerprint density at radius 2 is 2.10 bits per heavy atom. The number of pyridine rings is 1. The van der Waals surface area contributed by atoms with Gasteiger partial charge in [0.25, 0.3) is 0 Å². The van der Waals surface area contributed by atoms with Gasteiger partial charge in [0.15, 0.2) is 5.96 Å². The summed E-state index contributed by atoms with van der Waals surface area (Å²) in [5.74, 6) is 1.86. The zero-order chi connectivity index (χ0) is 14.4. The van der Waals surface area contributed by atoms with E-state index in [-0.39, 0.29) is 0 Å². The third-order valence-corrected chi connectivity index (χ3v) is 3.56. The predicted molar refractivity (Wildman–Crippen MR) is 83.2 cm³/mol. The second-order valence-electron chi connectivity index (χ2n) is 4.99. The van der Waals surface area contributed by atoms with E-state index < -0.39 is 0 Å². The molecule has 0 aromatic carbocycles. The fraction of sp³-hybridized carbons (Fsp3) is 0.571. The summed E-state index contributed by atoms with van der Waals surface area (Å²) in [4.78, 5) is 13.3. The number of likely N-dealkylation sites (N-methyl/N-ethyl adjacent to an activating group) is 1. The number of aromatic nitrogens is 1. The van der Waals surface area contributed by atoms with Crippen LogP contribution in [-0.2, 0) is 6.54 Å². The lowest BCUT2D eigenvalue weighted by Crippen LogP contribution is -2.44. The maximum Gasteiger partial charge on any atom is 0.190 e. The van der Waals surface area contributed by atoms with Gasteiger partial charge in [-0.15, -0.1) is 0 Å². The third kappa shape index (κ3) is 3.84. The Bertz CT molecular complexity index is 451. The smallest absolute Gasteiger partial charge is 0.190 e. The largest absolute Gasteiger partial charge is 0.359 e. The van der Waals surface area contributed by atoms with Crippen molar-refractivity contribution in [2.24, 2.45) is 4.99 Å². The van der Waals surface area contributed by atoms with Gasteiger partial charge < -0.3 is 20.4 Å². The van der Waals surface area contributed by atoms with Crippen molar-refractivity contribution in [2.75, 3.05) is 52.2 Å². The molecule has 1 fully saturated rings. The number of rotatable bonds is 3. The Morgan fingerprint density at radius 3 is 2.75 bits per heavy atom. The Labute approximate surface area is 120 Å². The van der Waals surface area contributed by atoms with Crippen LogP contribution in [0.2, 0.25) is 0 Å². The Hall–Kier alpha value is -1.82. The van der Waals surface area contributed by atoms with Crippen molar-refractivity contribution in [3.05, 3.63) is 23.9 Å². The van der Waals surface area contributed by atoms with Crippen LogP contribution in [0.3, 0.4) is 0 Å². The summed E-state index contributed by atoms with van der Waals surface area (Å²) in [6.07, 6.45) is 1.88. The zero-order valence-corrected chi connectivity index (χ0v) is 12.6. The molecule has 1 aromatic heterocycles. The number of aliphatic imine (C=N–C) groups is 1.